The number of aryl methyl sites for hydroxylation is 1. The standard InChI is InChI=1S/C20H33N3O3S/c1-6-22(7-2)27(25,26)18-13-12-16(3)19(14-18)21-20(24)15-23(4,5)17-10-8-9-11-17/h12-14,17H,6-11,15H2,1-5H3/p+1. The first-order valence-electron chi connectivity index (χ1n) is 9.85. The molecule has 1 fully saturated rings. The van der Waals surface area contributed by atoms with Crippen molar-refractivity contribution < 1.29 is 17.7 Å². The fourth-order valence-corrected chi connectivity index (χ4v) is 5.39. The van der Waals surface area contributed by atoms with E-state index < -0.39 is 10.0 Å². The van der Waals surface area contributed by atoms with Crippen LogP contribution in [0.5, 0.6) is 0 Å². The molecule has 0 atom stereocenters. The van der Waals surface area contributed by atoms with E-state index in [2.05, 4.69) is 19.4 Å². The molecule has 7 heteroatoms. The van der Waals surface area contributed by atoms with Gasteiger partial charge in [-0.15, -0.1) is 0 Å². The van der Waals surface area contributed by atoms with E-state index in [1.807, 2.05) is 20.8 Å². The first-order valence-corrected chi connectivity index (χ1v) is 11.3. The van der Waals surface area contributed by atoms with Crippen molar-refractivity contribution in [2.45, 2.75) is 57.4 Å². The number of sulfonamides is 1. The highest BCUT2D eigenvalue weighted by Crippen LogP contribution is 2.27. The van der Waals surface area contributed by atoms with Crippen molar-refractivity contribution in [1.29, 1.82) is 0 Å². The third-order valence-electron chi connectivity index (χ3n) is 5.69. The summed E-state index contributed by atoms with van der Waals surface area (Å²) in [4.78, 5) is 12.9. The molecule has 1 N–H and O–H groups in total. The van der Waals surface area contributed by atoms with Gasteiger partial charge >= 0.3 is 0 Å². The van der Waals surface area contributed by atoms with E-state index in [0.717, 1.165) is 18.4 Å². The molecule has 1 amide bonds. The second-order valence-corrected chi connectivity index (χ2v) is 9.93. The second-order valence-electron chi connectivity index (χ2n) is 7.99. The number of carbonyl (C=O) groups excluding carboxylic acids is 1. The van der Waals surface area contributed by atoms with Gasteiger partial charge in [-0.05, 0) is 50.3 Å². The van der Waals surface area contributed by atoms with Crippen LogP contribution in [0, 0.1) is 6.92 Å². The minimum absolute atomic E-state index is 0.0765. The lowest BCUT2D eigenvalue weighted by atomic mass is 10.1. The Kier molecular flexibility index (Phi) is 7.05. The zero-order chi connectivity index (χ0) is 20.2. The zero-order valence-corrected chi connectivity index (χ0v) is 18.1. The summed E-state index contributed by atoms with van der Waals surface area (Å²) in [6.07, 6.45) is 4.80. The van der Waals surface area contributed by atoms with E-state index >= 15 is 0 Å². The van der Waals surface area contributed by atoms with Crippen LogP contribution in [0.25, 0.3) is 0 Å². The number of carbonyl (C=O) groups is 1. The Labute approximate surface area is 164 Å². The second kappa shape index (κ2) is 8.71. The van der Waals surface area contributed by atoms with Crippen molar-refractivity contribution in [2.75, 3.05) is 39.0 Å². The molecule has 0 unspecified atom stereocenters. The molecule has 1 saturated carbocycles. The Morgan fingerprint density at radius 2 is 1.78 bits per heavy atom. The van der Waals surface area contributed by atoms with Gasteiger partial charge in [-0.2, -0.15) is 4.31 Å². The summed E-state index contributed by atoms with van der Waals surface area (Å²) in [5.41, 5.74) is 1.42. The molecule has 1 aliphatic carbocycles. The third-order valence-corrected chi connectivity index (χ3v) is 7.74. The molecule has 27 heavy (non-hydrogen) atoms. The Hall–Kier alpha value is -1.44. The van der Waals surface area contributed by atoms with Crippen molar-refractivity contribution in [3.05, 3.63) is 23.8 Å². The molecule has 0 heterocycles. The van der Waals surface area contributed by atoms with Gasteiger partial charge in [-0.25, -0.2) is 8.42 Å². The number of quaternary nitrogens is 1. The number of nitrogens with one attached hydrogen (secondary N) is 1. The molecular weight excluding hydrogens is 362 g/mol. The number of amides is 1. The van der Waals surface area contributed by atoms with Crippen molar-refractivity contribution in [3.63, 3.8) is 0 Å². The van der Waals surface area contributed by atoms with Crippen molar-refractivity contribution in [3.8, 4) is 0 Å². The summed E-state index contributed by atoms with van der Waals surface area (Å²) in [7, 11) is 0.655. The number of hydrogen-bond acceptors (Lipinski definition) is 3. The molecular formula is C20H34N3O3S+. The molecule has 0 spiro atoms. The number of anilines is 1. The molecule has 152 valence electrons. The number of nitrogens with zero attached hydrogens (tertiary/aromatic N) is 2. The van der Waals surface area contributed by atoms with Crippen molar-refractivity contribution >= 4 is 21.6 Å². The Balaban J connectivity index is 2.17. The summed E-state index contributed by atoms with van der Waals surface area (Å²) in [5, 5.41) is 2.94. The molecule has 0 aliphatic heterocycles. The van der Waals surface area contributed by atoms with Gasteiger partial charge in [0, 0.05) is 18.8 Å². The molecule has 0 saturated heterocycles. The fourth-order valence-electron chi connectivity index (χ4n) is 3.90. The quantitative estimate of drug-likeness (QED) is 0.687. The maximum Gasteiger partial charge on any atom is 0.279 e. The summed E-state index contributed by atoms with van der Waals surface area (Å²) >= 11 is 0. The highest BCUT2D eigenvalue weighted by Gasteiger charge is 2.33. The van der Waals surface area contributed by atoms with E-state index in [9.17, 15) is 13.2 Å². The van der Waals surface area contributed by atoms with E-state index in [-0.39, 0.29) is 10.8 Å². The van der Waals surface area contributed by atoms with E-state index in [1.165, 1.54) is 17.1 Å². The van der Waals surface area contributed by atoms with Gasteiger partial charge in [0.05, 0.1) is 25.0 Å². The normalized spacial score (nSPS) is 16.1. The van der Waals surface area contributed by atoms with Gasteiger partial charge in [0.25, 0.3) is 5.91 Å². The SMILES string of the molecule is CCN(CC)S(=O)(=O)c1ccc(C)c(NC(=O)C[N+](C)(C)C2CCCC2)c1. The number of likely N-dealkylation sites (N-methyl/N-ethyl adjacent to an activating group) is 1. The minimum Gasteiger partial charge on any atom is -0.321 e. The molecule has 1 aromatic rings. The van der Waals surface area contributed by atoms with Gasteiger partial charge in [0.2, 0.25) is 10.0 Å². The highest BCUT2D eigenvalue weighted by molar-refractivity contribution is 7.89. The summed E-state index contributed by atoms with van der Waals surface area (Å²) in [6, 6.07) is 5.46. The van der Waals surface area contributed by atoms with Gasteiger partial charge in [-0.1, -0.05) is 19.9 Å². The fraction of sp³-hybridized carbons (Fsp3) is 0.650. The predicted octanol–water partition coefficient (Wildman–Crippen LogP) is 2.98. The molecule has 2 rings (SSSR count). The van der Waals surface area contributed by atoms with Gasteiger partial charge < -0.3 is 9.80 Å². The average molecular weight is 397 g/mol. The molecule has 1 aliphatic rings. The van der Waals surface area contributed by atoms with Crippen LogP contribution in [0.15, 0.2) is 23.1 Å². The topological polar surface area (TPSA) is 66.5 Å². The Morgan fingerprint density at radius 1 is 1.19 bits per heavy atom. The number of rotatable bonds is 8. The van der Waals surface area contributed by atoms with E-state index in [4.69, 9.17) is 0 Å². The zero-order valence-electron chi connectivity index (χ0n) is 17.3. The lowest BCUT2D eigenvalue weighted by Crippen LogP contribution is -2.51. The predicted molar refractivity (Wildman–Crippen MR) is 109 cm³/mol. The van der Waals surface area contributed by atoms with Crippen LogP contribution in [0.1, 0.15) is 45.1 Å². The molecule has 1 aromatic carbocycles. The average Bonchev–Trinajstić information content (AvgIpc) is 3.12. The summed E-state index contributed by atoms with van der Waals surface area (Å²) < 4.78 is 27.6. The maximum absolute atomic E-state index is 12.8. The van der Waals surface area contributed by atoms with Gasteiger partial charge in [0.15, 0.2) is 6.54 Å². The van der Waals surface area contributed by atoms with Crippen molar-refractivity contribution in [1.82, 2.24) is 4.31 Å². The van der Waals surface area contributed by atoms with Gasteiger partial charge in [0.1, 0.15) is 0 Å². The van der Waals surface area contributed by atoms with Crippen LogP contribution in [0.2, 0.25) is 0 Å². The molecule has 0 aromatic heterocycles. The van der Waals surface area contributed by atoms with E-state index in [0.29, 0.717) is 35.8 Å². The number of hydrogen-bond donors (Lipinski definition) is 1. The van der Waals surface area contributed by atoms with Crippen LogP contribution in [0.4, 0.5) is 5.69 Å². The smallest absolute Gasteiger partial charge is 0.279 e. The summed E-state index contributed by atoms with van der Waals surface area (Å²) in [5.74, 6) is -0.0765. The molecule has 0 bridgehead atoms. The van der Waals surface area contributed by atoms with Gasteiger partial charge in [-0.3, -0.25) is 4.79 Å². The first-order chi connectivity index (χ1) is 12.6. The Bertz CT molecular complexity index is 765. The molecule has 6 nitrogen and oxygen atoms in total. The van der Waals surface area contributed by atoms with Crippen LogP contribution < -0.4 is 5.32 Å². The third kappa shape index (κ3) is 5.09. The van der Waals surface area contributed by atoms with Crippen LogP contribution in [-0.4, -0.2) is 62.9 Å². The van der Waals surface area contributed by atoms with Crippen molar-refractivity contribution in [2.24, 2.45) is 0 Å². The largest absolute Gasteiger partial charge is 0.321 e. The van der Waals surface area contributed by atoms with Crippen LogP contribution >= 0.6 is 0 Å². The van der Waals surface area contributed by atoms with Crippen LogP contribution in [0.3, 0.4) is 0 Å². The first kappa shape index (κ1) is 21.9. The lowest BCUT2D eigenvalue weighted by Gasteiger charge is -2.35. The highest BCUT2D eigenvalue weighted by atomic mass is 32.2. The van der Waals surface area contributed by atoms with Crippen LogP contribution in [-0.2, 0) is 14.8 Å². The summed E-state index contributed by atoms with van der Waals surface area (Å²) in [6.45, 7) is 6.74. The minimum atomic E-state index is -3.55. The monoisotopic (exact) mass is 396 g/mol. The number of benzene rings is 1. The molecule has 0 radical (unpaired) electrons. The van der Waals surface area contributed by atoms with E-state index in [1.54, 1.807) is 18.2 Å². The maximum atomic E-state index is 12.8. The Morgan fingerprint density at radius 3 is 2.33 bits per heavy atom. The lowest BCUT2D eigenvalue weighted by molar-refractivity contribution is -0.906.